The molecule has 0 bridgehead atoms. The first-order valence-electron chi connectivity index (χ1n) is 7.03. The SMILES string of the molecule is CCOc1ccc(Nc2nc(C)ccc2N)cc1OCC. The van der Waals surface area contributed by atoms with Crippen LogP contribution in [0.1, 0.15) is 19.5 Å². The second kappa shape index (κ2) is 6.83. The minimum absolute atomic E-state index is 0.578. The van der Waals surface area contributed by atoms with Crippen molar-refractivity contribution in [2.75, 3.05) is 24.3 Å². The lowest BCUT2D eigenvalue weighted by atomic mass is 10.2. The van der Waals surface area contributed by atoms with Crippen molar-refractivity contribution in [3.8, 4) is 11.5 Å². The van der Waals surface area contributed by atoms with Crippen molar-refractivity contribution in [1.82, 2.24) is 4.98 Å². The Balaban J connectivity index is 2.27. The van der Waals surface area contributed by atoms with E-state index in [9.17, 15) is 0 Å². The van der Waals surface area contributed by atoms with Crippen LogP contribution in [0.25, 0.3) is 0 Å². The number of ether oxygens (including phenoxy) is 2. The zero-order valence-electron chi connectivity index (χ0n) is 12.6. The van der Waals surface area contributed by atoms with Gasteiger partial charge in [0.05, 0.1) is 18.9 Å². The summed E-state index contributed by atoms with van der Waals surface area (Å²) in [6, 6.07) is 9.39. The maximum atomic E-state index is 5.93. The van der Waals surface area contributed by atoms with Crippen LogP contribution >= 0.6 is 0 Å². The summed E-state index contributed by atoms with van der Waals surface area (Å²) >= 11 is 0. The molecule has 0 unspecified atom stereocenters. The average Bonchev–Trinajstić information content (AvgIpc) is 2.46. The van der Waals surface area contributed by atoms with Gasteiger partial charge in [0.15, 0.2) is 17.3 Å². The standard InChI is InChI=1S/C16H21N3O2/c1-4-20-14-9-7-12(10-15(14)21-5-2)19-16-13(17)8-6-11(3)18-16/h6-10H,4-5,17H2,1-3H3,(H,18,19). The number of rotatable bonds is 6. The van der Waals surface area contributed by atoms with Gasteiger partial charge in [-0.2, -0.15) is 0 Å². The summed E-state index contributed by atoms with van der Waals surface area (Å²) in [5.74, 6) is 2.08. The number of aromatic nitrogens is 1. The van der Waals surface area contributed by atoms with Gasteiger partial charge < -0.3 is 20.5 Å². The van der Waals surface area contributed by atoms with E-state index in [0.29, 0.717) is 30.5 Å². The first kappa shape index (κ1) is 15.0. The van der Waals surface area contributed by atoms with Crippen molar-refractivity contribution in [3.63, 3.8) is 0 Å². The number of nitrogens with zero attached hydrogens (tertiary/aromatic N) is 1. The number of anilines is 3. The van der Waals surface area contributed by atoms with Gasteiger partial charge in [-0.1, -0.05) is 0 Å². The molecule has 0 spiro atoms. The Kier molecular flexibility index (Phi) is 4.87. The van der Waals surface area contributed by atoms with Crippen LogP contribution in [-0.2, 0) is 0 Å². The van der Waals surface area contributed by atoms with Crippen LogP contribution in [0.4, 0.5) is 17.2 Å². The largest absolute Gasteiger partial charge is 0.490 e. The molecule has 3 N–H and O–H groups in total. The highest BCUT2D eigenvalue weighted by molar-refractivity contribution is 5.70. The van der Waals surface area contributed by atoms with Gasteiger partial charge in [0, 0.05) is 17.4 Å². The van der Waals surface area contributed by atoms with Gasteiger partial charge >= 0.3 is 0 Å². The minimum Gasteiger partial charge on any atom is -0.490 e. The highest BCUT2D eigenvalue weighted by atomic mass is 16.5. The van der Waals surface area contributed by atoms with Crippen LogP contribution in [0.3, 0.4) is 0 Å². The molecular formula is C16H21N3O2. The molecule has 0 aliphatic carbocycles. The third-order valence-electron chi connectivity index (χ3n) is 2.87. The molecule has 0 aliphatic heterocycles. The Morgan fingerprint density at radius 3 is 2.48 bits per heavy atom. The normalized spacial score (nSPS) is 10.2. The number of nitrogens with two attached hydrogens (primary N) is 1. The number of nitrogen functional groups attached to an aromatic ring is 1. The molecule has 112 valence electrons. The van der Waals surface area contributed by atoms with Crippen LogP contribution in [0.5, 0.6) is 11.5 Å². The smallest absolute Gasteiger partial charge is 0.163 e. The predicted molar refractivity (Wildman–Crippen MR) is 85.4 cm³/mol. The summed E-state index contributed by atoms with van der Waals surface area (Å²) in [7, 11) is 0. The highest BCUT2D eigenvalue weighted by Crippen LogP contribution is 2.32. The van der Waals surface area contributed by atoms with E-state index >= 15 is 0 Å². The molecule has 2 rings (SSSR count). The van der Waals surface area contributed by atoms with Crippen LogP contribution in [0.15, 0.2) is 30.3 Å². The van der Waals surface area contributed by atoms with E-state index in [1.807, 2.05) is 51.1 Å². The fourth-order valence-electron chi connectivity index (χ4n) is 1.93. The monoisotopic (exact) mass is 287 g/mol. The number of benzene rings is 1. The van der Waals surface area contributed by atoms with E-state index in [2.05, 4.69) is 10.3 Å². The van der Waals surface area contributed by atoms with E-state index in [1.54, 1.807) is 0 Å². The van der Waals surface area contributed by atoms with Gasteiger partial charge in [0.2, 0.25) is 0 Å². The van der Waals surface area contributed by atoms with E-state index in [1.165, 1.54) is 0 Å². The molecule has 0 radical (unpaired) electrons. The maximum Gasteiger partial charge on any atom is 0.163 e. The van der Waals surface area contributed by atoms with Crippen molar-refractivity contribution in [3.05, 3.63) is 36.0 Å². The summed E-state index contributed by atoms with van der Waals surface area (Å²) < 4.78 is 11.1. The third kappa shape index (κ3) is 3.78. The van der Waals surface area contributed by atoms with Crippen LogP contribution in [0, 0.1) is 6.92 Å². The van der Waals surface area contributed by atoms with Gasteiger partial charge in [-0.3, -0.25) is 0 Å². The molecule has 0 atom stereocenters. The number of hydrogen-bond donors (Lipinski definition) is 2. The molecule has 5 heteroatoms. The van der Waals surface area contributed by atoms with Crippen LogP contribution in [-0.4, -0.2) is 18.2 Å². The lowest BCUT2D eigenvalue weighted by Gasteiger charge is -2.14. The summed E-state index contributed by atoms with van der Waals surface area (Å²) in [6.45, 7) is 6.98. The molecule has 1 aromatic heterocycles. The second-order valence-corrected chi connectivity index (χ2v) is 4.54. The third-order valence-corrected chi connectivity index (χ3v) is 2.87. The van der Waals surface area contributed by atoms with Crippen LogP contribution < -0.4 is 20.5 Å². The molecule has 0 fully saturated rings. The lowest BCUT2D eigenvalue weighted by Crippen LogP contribution is -2.02. The van der Waals surface area contributed by atoms with Gasteiger partial charge in [-0.25, -0.2) is 4.98 Å². The Morgan fingerprint density at radius 2 is 1.76 bits per heavy atom. The zero-order chi connectivity index (χ0) is 15.2. The van der Waals surface area contributed by atoms with Crippen molar-refractivity contribution in [2.24, 2.45) is 0 Å². The van der Waals surface area contributed by atoms with Gasteiger partial charge in [0.1, 0.15) is 0 Å². The van der Waals surface area contributed by atoms with E-state index in [-0.39, 0.29) is 0 Å². The second-order valence-electron chi connectivity index (χ2n) is 4.54. The first-order valence-corrected chi connectivity index (χ1v) is 7.03. The molecule has 2 aromatic rings. The quantitative estimate of drug-likeness (QED) is 0.850. The molecule has 5 nitrogen and oxygen atoms in total. The van der Waals surface area contributed by atoms with Gasteiger partial charge in [-0.15, -0.1) is 0 Å². The topological polar surface area (TPSA) is 69.4 Å². The van der Waals surface area contributed by atoms with Crippen molar-refractivity contribution < 1.29 is 9.47 Å². The summed E-state index contributed by atoms with van der Waals surface area (Å²) in [4.78, 5) is 4.39. The molecule has 1 aromatic carbocycles. The Morgan fingerprint density at radius 1 is 1.05 bits per heavy atom. The number of hydrogen-bond acceptors (Lipinski definition) is 5. The predicted octanol–water partition coefficient (Wildman–Crippen LogP) is 3.51. The van der Waals surface area contributed by atoms with Gasteiger partial charge in [0.25, 0.3) is 0 Å². The molecule has 0 saturated heterocycles. The number of nitrogens with one attached hydrogen (secondary N) is 1. The highest BCUT2D eigenvalue weighted by Gasteiger charge is 2.08. The molecule has 1 heterocycles. The fraction of sp³-hybridized carbons (Fsp3) is 0.312. The molecule has 0 saturated carbocycles. The van der Waals surface area contributed by atoms with Crippen molar-refractivity contribution in [1.29, 1.82) is 0 Å². The van der Waals surface area contributed by atoms with E-state index in [0.717, 1.165) is 17.1 Å². The Hall–Kier alpha value is -2.43. The summed E-state index contributed by atoms with van der Waals surface area (Å²) in [5, 5.41) is 3.21. The Bertz CT molecular complexity index is 614. The molecule has 0 amide bonds. The number of pyridine rings is 1. The molecular weight excluding hydrogens is 266 g/mol. The Labute approximate surface area is 125 Å². The first-order chi connectivity index (χ1) is 10.1. The number of aryl methyl sites for hydroxylation is 1. The molecule has 0 aliphatic rings. The molecule has 21 heavy (non-hydrogen) atoms. The van der Waals surface area contributed by atoms with Crippen LogP contribution in [0.2, 0.25) is 0 Å². The van der Waals surface area contributed by atoms with E-state index in [4.69, 9.17) is 15.2 Å². The maximum absolute atomic E-state index is 5.93. The average molecular weight is 287 g/mol. The lowest BCUT2D eigenvalue weighted by molar-refractivity contribution is 0.288. The van der Waals surface area contributed by atoms with Crippen molar-refractivity contribution in [2.45, 2.75) is 20.8 Å². The van der Waals surface area contributed by atoms with Crippen molar-refractivity contribution >= 4 is 17.2 Å². The van der Waals surface area contributed by atoms with E-state index < -0.39 is 0 Å². The summed E-state index contributed by atoms with van der Waals surface area (Å²) in [5.41, 5.74) is 8.29. The minimum atomic E-state index is 0.578. The summed E-state index contributed by atoms with van der Waals surface area (Å²) in [6.07, 6.45) is 0. The fourth-order valence-corrected chi connectivity index (χ4v) is 1.93. The zero-order valence-corrected chi connectivity index (χ0v) is 12.6. The van der Waals surface area contributed by atoms with Gasteiger partial charge in [-0.05, 0) is 45.0 Å².